The van der Waals surface area contributed by atoms with Gasteiger partial charge in [0, 0.05) is 12.3 Å². The van der Waals surface area contributed by atoms with Crippen LogP contribution in [0.2, 0.25) is 0 Å². The Balaban J connectivity index is 1.99. The van der Waals surface area contributed by atoms with Crippen molar-refractivity contribution in [1.29, 1.82) is 0 Å². The van der Waals surface area contributed by atoms with Gasteiger partial charge in [0.05, 0.1) is 6.10 Å². The van der Waals surface area contributed by atoms with Crippen LogP contribution in [0.25, 0.3) is 0 Å². The fourth-order valence-corrected chi connectivity index (χ4v) is 2.89. The van der Waals surface area contributed by atoms with Crippen molar-refractivity contribution < 1.29 is 5.11 Å². The lowest BCUT2D eigenvalue weighted by atomic mass is 9.97. The van der Waals surface area contributed by atoms with Gasteiger partial charge in [0.15, 0.2) is 5.16 Å². The van der Waals surface area contributed by atoms with Crippen molar-refractivity contribution in [3.05, 3.63) is 6.33 Å². The Morgan fingerprint density at radius 3 is 2.93 bits per heavy atom. The number of aliphatic hydroxyl groups excluding tert-OH is 1. The van der Waals surface area contributed by atoms with Crippen LogP contribution in [0, 0.1) is 0 Å². The van der Waals surface area contributed by atoms with Crippen LogP contribution in [-0.2, 0) is 7.05 Å². The number of hydrogen-bond acceptors (Lipinski definition) is 4. The lowest BCUT2D eigenvalue weighted by Crippen LogP contribution is -2.27. The second-order valence-electron chi connectivity index (χ2n) is 3.73. The van der Waals surface area contributed by atoms with Gasteiger partial charge in [-0.3, -0.25) is 0 Å². The first kappa shape index (κ1) is 9.98. The van der Waals surface area contributed by atoms with Crippen molar-refractivity contribution in [3.63, 3.8) is 0 Å². The van der Waals surface area contributed by atoms with E-state index in [9.17, 15) is 5.11 Å². The van der Waals surface area contributed by atoms with Gasteiger partial charge < -0.3 is 9.67 Å². The topological polar surface area (TPSA) is 50.9 Å². The summed E-state index contributed by atoms with van der Waals surface area (Å²) in [5.41, 5.74) is 0. The van der Waals surface area contributed by atoms with Crippen LogP contribution >= 0.6 is 11.8 Å². The largest absolute Gasteiger partial charge is 0.392 e. The molecule has 0 amide bonds. The molecular formula is C9H15N3OS. The number of nitrogens with zero attached hydrogens (tertiary/aromatic N) is 3. The van der Waals surface area contributed by atoms with Crippen LogP contribution in [0.4, 0.5) is 0 Å². The van der Waals surface area contributed by atoms with E-state index in [0.717, 1.165) is 24.4 Å². The Labute approximate surface area is 87.7 Å². The lowest BCUT2D eigenvalue weighted by molar-refractivity contribution is 0.137. The summed E-state index contributed by atoms with van der Waals surface area (Å²) in [7, 11) is 1.93. The van der Waals surface area contributed by atoms with E-state index in [1.165, 1.54) is 6.42 Å². The number of hydrogen-bond donors (Lipinski definition) is 1. The number of aromatic nitrogens is 3. The monoisotopic (exact) mass is 213 g/mol. The van der Waals surface area contributed by atoms with E-state index in [1.54, 1.807) is 18.1 Å². The Bertz CT molecular complexity index is 302. The average Bonchev–Trinajstić information content (AvgIpc) is 2.56. The highest BCUT2D eigenvalue weighted by atomic mass is 32.2. The predicted octanol–water partition coefficient (Wildman–Crippen LogP) is 1.21. The highest BCUT2D eigenvalue weighted by molar-refractivity contribution is 7.99. The summed E-state index contributed by atoms with van der Waals surface area (Å²) in [6.45, 7) is 0. The third-order valence-corrected chi connectivity index (χ3v) is 4.03. The molecule has 5 heteroatoms. The Morgan fingerprint density at radius 1 is 1.50 bits per heavy atom. The maximum atomic E-state index is 9.78. The first-order valence-electron chi connectivity index (χ1n) is 4.96. The van der Waals surface area contributed by atoms with Gasteiger partial charge in [0.2, 0.25) is 0 Å². The summed E-state index contributed by atoms with van der Waals surface area (Å²) in [5, 5.41) is 18.8. The minimum Gasteiger partial charge on any atom is -0.392 e. The Hall–Kier alpha value is -0.550. The van der Waals surface area contributed by atoms with Crippen molar-refractivity contribution >= 4 is 11.8 Å². The molecule has 78 valence electrons. The molecule has 14 heavy (non-hydrogen) atoms. The second kappa shape index (κ2) is 4.31. The molecule has 1 aliphatic carbocycles. The smallest absolute Gasteiger partial charge is 0.191 e. The number of aliphatic hydroxyl groups is 1. The molecule has 0 unspecified atom stereocenters. The quantitative estimate of drug-likeness (QED) is 0.802. The number of rotatable bonds is 2. The summed E-state index contributed by atoms with van der Waals surface area (Å²) in [5.74, 6) is 0. The minimum atomic E-state index is -0.176. The van der Waals surface area contributed by atoms with Gasteiger partial charge in [-0.1, -0.05) is 24.6 Å². The van der Waals surface area contributed by atoms with Crippen LogP contribution in [0.5, 0.6) is 0 Å². The van der Waals surface area contributed by atoms with Gasteiger partial charge in [-0.2, -0.15) is 0 Å². The first-order chi connectivity index (χ1) is 6.77. The van der Waals surface area contributed by atoms with Gasteiger partial charge in [0.1, 0.15) is 6.33 Å². The van der Waals surface area contributed by atoms with E-state index in [-0.39, 0.29) is 6.10 Å². The van der Waals surface area contributed by atoms with Crippen LogP contribution in [0.1, 0.15) is 25.7 Å². The number of thioether (sulfide) groups is 1. The first-order valence-corrected chi connectivity index (χ1v) is 5.84. The normalized spacial score (nSPS) is 27.9. The van der Waals surface area contributed by atoms with E-state index in [0.29, 0.717) is 5.25 Å². The summed E-state index contributed by atoms with van der Waals surface area (Å²) >= 11 is 1.65. The van der Waals surface area contributed by atoms with Crippen molar-refractivity contribution in [3.8, 4) is 0 Å². The van der Waals surface area contributed by atoms with Crippen molar-refractivity contribution in [2.45, 2.75) is 42.2 Å². The molecule has 0 radical (unpaired) electrons. The molecule has 0 aromatic carbocycles. The van der Waals surface area contributed by atoms with Gasteiger partial charge in [0.25, 0.3) is 0 Å². The highest BCUT2D eigenvalue weighted by Crippen LogP contribution is 2.32. The molecule has 0 aliphatic heterocycles. The van der Waals surface area contributed by atoms with Crippen molar-refractivity contribution in [2.24, 2.45) is 7.05 Å². The third-order valence-electron chi connectivity index (χ3n) is 2.59. The summed E-state index contributed by atoms with van der Waals surface area (Å²) in [6.07, 6.45) is 5.89. The summed E-state index contributed by atoms with van der Waals surface area (Å²) < 4.78 is 1.89. The predicted molar refractivity (Wildman–Crippen MR) is 55.1 cm³/mol. The molecule has 1 aromatic heterocycles. The third kappa shape index (κ3) is 2.09. The van der Waals surface area contributed by atoms with Crippen LogP contribution in [0.15, 0.2) is 11.5 Å². The lowest BCUT2D eigenvalue weighted by Gasteiger charge is -2.26. The molecule has 0 spiro atoms. The van der Waals surface area contributed by atoms with Gasteiger partial charge in [-0.05, 0) is 12.8 Å². The van der Waals surface area contributed by atoms with Crippen LogP contribution in [-0.4, -0.2) is 31.2 Å². The Kier molecular flexibility index (Phi) is 3.08. The molecule has 0 saturated heterocycles. The second-order valence-corrected chi connectivity index (χ2v) is 4.94. The average molecular weight is 213 g/mol. The minimum absolute atomic E-state index is 0.176. The molecule has 0 bridgehead atoms. The summed E-state index contributed by atoms with van der Waals surface area (Å²) in [6, 6.07) is 0. The molecule has 1 heterocycles. The molecule has 1 aliphatic rings. The Morgan fingerprint density at radius 2 is 2.29 bits per heavy atom. The molecule has 2 atom stereocenters. The molecular weight excluding hydrogens is 198 g/mol. The van der Waals surface area contributed by atoms with Crippen LogP contribution < -0.4 is 0 Å². The van der Waals surface area contributed by atoms with Crippen molar-refractivity contribution in [2.75, 3.05) is 0 Å². The standard InChI is InChI=1S/C9H15N3OS/c1-12-6-10-11-9(12)14-8-5-3-2-4-7(8)13/h6-8,13H,2-5H2,1H3/t7-,8-/m1/s1. The number of aryl methyl sites for hydroxylation is 1. The fourth-order valence-electron chi connectivity index (χ4n) is 1.73. The van der Waals surface area contributed by atoms with Crippen LogP contribution in [0.3, 0.4) is 0 Å². The van der Waals surface area contributed by atoms with Crippen molar-refractivity contribution in [1.82, 2.24) is 14.8 Å². The van der Waals surface area contributed by atoms with E-state index >= 15 is 0 Å². The molecule has 1 N–H and O–H groups in total. The van der Waals surface area contributed by atoms with E-state index in [1.807, 2.05) is 11.6 Å². The maximum absolute atomic E-state index is 9.78. The van der Waals surface area contributed by atoms with E-state index in [4.69, 9.17) is 0 Å². The zero-order valence-corrected chi connectivity index (χ0v) is 9.07. The molecule has 1 fully saturated rings. The maximum Gasteiger partial charge on any atom is 0.191 e. The highest BCUT2D eigenvalue weighted by Gasteiger charge is 2.25. The molecule has 4 nitrogen and oxygen atoms in total. The fraction of sp³-hybridized carbons (Fsp3) is 0.778. The van der Waals surface area contributed by atoms with E-state index < -0.39 is 0 Å². The van der Waals surface area contributed by atoms with Gasteiger partial charge >= 0.3 is 0 Å². The van der Waals surface area contributed by atoms with E-state index in [2.05, 4.69) is 10.2 Å². The van der Waals surface area contributed by atoms with Gasteiger partial charge in [-0.25, -0.2) is 0 Å². The molecule has 1 saturated carbocycles. The molecule has 1 aromatic rings. The summed E-state index contributed by atoms with van der Waals surface area (Å²) in [4.78, 5) is 0. The SMILES string of the molecule is Cn1cnnc1S[C@@H]1CCCC[C@H]1O. The molecule has 2 rings (SSSR count). The zero-order valence-electron chi connectivity index (χ0n) is 8.26. The zero-order chi connectivity index (χ0) is 9.97. The van der Waals surface area contributed by atoms with Gasteiger partial charge in [-0.15, -0.1) is 10.2 Å².